The van der Waals surface area contributed by atoms with Gasteiger partial charge in [-0.1, -0.05) is 12.1 Å². The van der Waals surface area contributed by atoms with Crippen molar-refractivity contribution in [2.75, 3.05) is 45.1 Å². The van der Waals surface area contributed by atoms with E-state index in [9.17, 15) is 4.79 Å². The third-order valence-electron chi connectivity index (χ3n) is 5.03. The number of anilines is 1. The molecule has 0 spiro atoms. The molecule has 1 aromatic carbocycles. The number of amides is 1. The second kappa shape index (κ2) is 8.41. The number of benzene rings is 1. The number of fused-ring (bicyclic) bond motifs is 1. The fourth-order valence-corrected chi connectivity index (χ4v) is 3.46. The Bertz CT molecular complexity index is 962. The number of carbonyl (C=O) groups excluding carboxylic acids is 1. The molecule has 0 atom stereocenters. The summed E-state index contributed by atoms with van der Waals surface area (Å²) in [6.07, 6.45) is 4.67. The van der Waals surface area contributed by atoms with E-state index in [-0.39, 0.29) is 5.91 Å². The SMILES string of the molecule is CN1CCCN(CC(=O)Nc2cc3cc(-c4cccnc4)ccc3nn2)CC1. The maximum Gasteiger partial charge on any atom is 0.239 e. The molecule has 4 rings (SSSR count). The average Bonchev–Trinajstić information content (AvgIpc) is 2.92. The second-order valence-electron chi connectivity index (χ2n) is 7.23. The maximum absolute atomic E-state index is 12.5. The topological polar surface area (TPSA) is 74.2 Å². The van der Waals surface area contributed by atoms with Gasteiger partial charge in [0.15, 0.2) is 5.82 Å². The smallest absolute Gasteiger partial charge is 0.239 e. The van der Waals surface area contributed by atoms with Crippen molar-refractivity contribution in [3.63, 3.8) is 0 Å². The minimum atomic E-state index is -0.0541. The Hall–Kier alpha value is -2.90. The second-order valence-corrected chi connectivity index (χ2v) is 7.23. The van der Waals surface area contributed by atoms with Gasteiger partial charge < -0.3 is 10.2 Å². The number of nitrogens with one attached hydrogen (secondary N) is 1. The molecular weight excluding hydrogens is 352 g/mol. The lowest BCUT2D eigenvalue weighted by atomic mass is 10.1. The zero-order valence-corrected chi connectivity index (χ0v) is 16.0. The number of hydrogen-bond donors (Lipinski definition) is 1. The summed E-state index contributed by atoms with van der Waals surface area (Å²) in [5.41, 5.74) is 2.89. The third-order valence-corrected chi connectivity index (χ3v) is 5.03. The van der Waals surface area contributed by atoms with Crippen LogP contribution in [-0.4, -0.2) is 70.7 Å². The number of pyridine rings is 1. The van der Waals surface area contributed by atoms with E-state index in [2.05, 4.69) is 37.3 Å². The van der Waals surface area contributed by atoms with Gasteiger partial charge in [0.2, 0.25) is 5.91 Å². The van der Waals surface area contributed by atoms with Crippen LogP contribution in [0.25, 0.3) is 22.0 Å². The Kier molecular flexibility index (Phi) is 5.55. The lowest BCUT2D eigenvalue weighted by molar-refractivity contribution is -0.117. The van der Waals surface area contributed by atoms with Gasteiger partial charge in [-0.05, 0) is 56.4 Å². The van der Waals surface area contributed by atoms with E-state index in [1.54, 1.807) is 6.20 Å². The first-order chi connectivity index (χ1) is 13.7. The van der Waals surface area contributed by atoms with Crippen molar-refractivity contribution in [3.05, 3.63) is 48.8 Å². The number of rotatable bonds is 4. The minimum Gasteiger partial charge on any atom is -0.308 e. The van der Waals surface area contributed by atoms with Gasteiger partial charge in [0.25, 0.3) is 0 Å². The molecule has 1 saturated heterocycles. The summed E-state index contributed by atoms with van der Waals surface area (Å²) in [5.74, 6) is 0.425. The van der Waals surface area contributed by atoms with Crippen LogP contribution >= 0.6 is 0 Å². The van der Waals surface area contributed by atoms with Crippen LogP contribution in [0.3, 0.4) is 0 Å². The summed E-state index contributed by atoms with van der Waals surface area (Å²) in [4.78, 5) is 21.1. The Labute approximate surface area is 164 Å². The number of likely N-dealkylation sites (N-methyl/N-ethyl adjacent to an activating group) is 1. The van der Waals surface area contributed by atoms with Gasteiger partial charge in [0.1, 0.15) is 0 Å². The molecule has 1 fully saturated rings. The van der Waals surface area contributed by atoms with Gasteiger partial charge in [-0.2, -0.15) is 0 Å². The zero-order valence-electron chi connectivity index (χ0n) is 16.0. The van der Waals surface area contributed by atoms with E-state index >= 15 is 0 Å². The van der Waals surface area contributed by atoms with Crippen LogP contribution in [0.5, 0.6) is 0 Å². The van der Waals surface area contributed by atoms with Gasteiger partial charge in [-0.25, -0.2) is 0 Å². The van der Waals surface area contributed by atoms with Crippen molar-refractivity contribution < 1.29 is 4.79 Å². The lowest BCUT2D eigenvalue weighted by Gasteiger charge is -2.19. The highest BCUT2D eigenvalue weighted by Gasteiger charge is 2.15. The first-order valence-corrected chi connectivity index (χ1v) is 9.56. The largest absolute Gasteiger partial charge is 0.308 e. The predicted molar refractivity (Wildman–Crippen MR) is 110 cm³/mol. The van der Waals surface area contributed by atoms with Crippen molar-refractivity contribution in [2.24, 2.45) is 0 Å². The van der Waals surface area contributed by atoms with E-state index in [1.807, 2.05) is 42.6 Å². The molecule has 0 bridgehead atoms. The van der Waals surface area contributed by atoms with Gasteiger partial charge in [0, 0.05) is 36.4 Å². The molecule has 0 unspecified atom stereocenters. The summed E-state index contributed by atoms with van der Waals surface area (Å²) in [6, 6.07) is 11.8. The Morgan fingerprint density at radius 2 is 2.00 bits per heavy atom. The van der Waals surface area contributed by atoms with Crippen LogP contribution in [-0.2, 0) is 4.79 Å². The van der Waals surface area contributed by atoms with Gasteiger partial charge >= 0.3 is 0 Å². The fraction of sp³-hybridized carbons (Fsp3) is 0.333. The Balaban J connectivity index is 1.47. The summed E-state index contributed by atoms with van der Waals surface area (Å²) in [5, 5.41) is 12.2. The summed E-state index contributed by atoms with van der Waals surface area (Å²) in [6.45, 7) is 4.29. The molecule has 7 heteroatoms. The Morgan fingerprint density at radius 1 is 1.07 bits per heavy atom. The minimum absolute atomic E-state index is 0.0541. The molecule has 3 aromatic rings. The van der Waals surface area contributed by atoms with E-state index in [0.717, 1.165) is 54.6 Å². The average molecular weight is 376 g/mol. The quantitative estimate of drug-likeness (QED) is 0.753. The van der Waals surface area contributed by atoms with Crippen LogP contribution in [0.15, 0.2) is 48.8 Å². The van der Waals surface area contributed by atoms with Crippen molar-refractivity contribution >= 4 is 22.6 Å². The van der Waals surface area contributed by atoms with Crippen molar-refractivity contribution in [1.29, 1.82) is 0 Å². The fourth-order valence-electron chi connectivity index (χ4n) is 3.46. The molecule has 7 nitrogen and oxygen atoms in total. The lowest BCUT2D eigenvalue weighted by Crippen LogP contribution is -2.36. The van der Waals surface area contributed by atoms with Crippen LogP contribution in [0.2, 0.25) is 0 Å². The number of nitrogens with zero attached hydrogens (tertiary/aromatic N) is 5. The van der Waals surface area contributed by atoms with Crippen LogP contribution in [0, 0.1) is 0 Å². The van der Waals surface area contributed by atoms with Gasteiger partial charge in [-0.15, -0.1) is 10.2 Å². The normalized spacial score (nSPS) is 16.0. The van der Waals surface area contributed by atoms with Crippen LogP contribution < -0.4 is 5.32 Å². The van der Waals surface area contributed by atoms with Crippen LogP contribution in [0.1, 0.15) is 6.42 Å². The number of carbonyl (C=O) groups is 1. The van der Waals surface area contributed by atoms with Gasteiger partial charge in [0.05, 0.1) is 12.1 Å². The molecule has 3 heterocycles. The number of hydrogen-bond acceptors (Lipinski definition) is 6. The van der Waals surface area contributed by atoms with Gasteiger partial charge in [-0.3, -0.25) is 14.7 Å². The van der Waals surface area contributed by atoms with E-state index in [4.69, 9.17) is 0 Å². The molecule has 1 aliphatic heterocycles. The summed E-state index contributed by atoms with van der Waals surface area (Å²) in [7, 11) is 2.12. The predicted octanol–water partition coefficient (Wildman–Crippen LogP) is 2.27. The molecule has 1 amide bonds. The van der Waals surface area contributed by atoms with E-state index in [1.165, 1.54) is 0 Å². The zero-order chi connectivity index (χ0) is 19.3. The third kappa shape index (κ3) is 4.49. The standard InChI is InChI=1S/C21H24N6O/c1-26-8-3-9-27(11-10-26)15-21(28)23-20-13-18-12-16(5-6-19(18)24-25-20)17-4-2-7-22-14-17/h2,4-7,12-14H,3,8-11,15H2,1H3,(H,23,25,28). The summed E-state index contributed by atoms with van der Waals surface area (Å²) < 4.78 is 0. The molecule has 28 heavy (non-hydrogen) atoms. The molecule has 0 radical (unpaired) electrons. The summed E-state index contributed by atoms with van der Waals surface area (Å²) >= 11 is 0. The molecule has 0 aliphatic carbocycles. The molecular formula is C21H24N6O. The monoisotopic (exact) mass is 376 g/mol. The molecule has 1 aliphatic rings. The number of aromatic nitrogens is 3. The highest BCUT2D eigenvalue weighted by Crippen LogP contribution is 2.23. The first kappa shape index (κ1) is 18.5. The highest BCUT2D eigenvalue weighted by atomic mass is 16.2. The van der Waals surface area contributed by atoms with Crippen molar-refractivity contribution in [3.8, 4) is 11.1 Å². The van der Waals surface area contributed by atoms with E-state index < -0.39 is 0 Å². The molecule has 144 valence electrons. The van der Waals surface area contributed by atoms with Crippen LogP contribution in [0.4, 0.5) is 5.82 Å². The molecule has 0 saturated carbocycles. The maximum atomic E-state index is 12.5. The highest BCUT2D eigenvalue weighted by molar-refractivity contribution is 5.93. The van der Waals surface area contributed by atoms with Crippen molar-refractivity contribution in [2.45, 2.75) is 6.42 Å². The molecule has 1 N–H and O–H groups in total. The van der Waals surface area contributed by atoms with E-state index in [0.29, 0.717) is 12.4 Å². The molecule has 2 aromatic heterocycles. The first-order valence-electron chi connectivity index (χ1n) is 9.56. The van der Waals surface area contributed by atoms with Crippen molar-refractivity contribution in [1.82, 2.24) is 25.0 Å². The Morgan fingerprint density at radius 3 is 2.86 bits per heavy atom.